The smallest absolute Gasteiger partial charge is 0.155 e. The molecule has 0 aliphatic heterocycles. The second kappa shape index (κ2) is 22.0. The number of carbonyl (C=O) groups excluding carboxylic acids is 1. The van der Waals surface area contributed by atoms with E-state index in [2.05, 4.69) is 33.4 Å². The van der Waals surface area contributed by atoms with Gasteiger partial charge in [-0.05, 0) is 55.2 Å². The van der Waals surface area contributed by atoms with Crippen LogP contribution in [0.5, 0.6) is 5.75 Å². The van der Waals surface area contributed by atoms with Gasteiger partial charge in [-0.1, -0.05) is 11.6 Å². The van der Waals surface area contributed by atoms with E-state index in [0.717, 1.165) is 36.4 Å². The molecule has 3 aromatic heterocycles. The van der Waals surface area contributed by atoms with Gasteiger partial charge in [-0.25, -0.2) is 0 Å². The molecule has 16 heteroatoms. The van der Waals surface area contributed by atoms with Crippen molar-refractivity contribution in [1.82, 2.24) is 24.5 Å². The summed E-state index contributed by atoms with van der Waals surface area (Å²) < 4.78 is 84.8. The van der Waals surface area contributed by atoms with Crippen LogP contribution in [0.3, 0.4) is 0 Å². The van der Waals surface area contributed by atoms with Crippen LogP contribution in [0, 0.1) is 53.1 Å². The number of pyridine rings is 1. The van der Waals surface area contributed by atoms with Crippen LogP contribution < -0.4 is 4.74 Å². The molecule has 0 aliphatic rings. The van der Waals surface area contributed by atoms with Crippen molar-refractivity contribution in [2.24, 2.45) is 0 Å². The molecule has 0 fully saturated rings. The van der Waals surface area contributed by atoms with E-state index in [9.17, 15) is 31.1 Å². The monoisotopic (exact) mass is 1060 g/mol. The van der Waals surface area contributed by atoms with Crippen LogP contribution in [0.15, 0.2) is 103 Å². The first-order valence-electron chi connectivity index (χ1n) is 13.9. The van der Waals surface area contributed by atoms with Crippen molar-refractivity contribution in [2.45, 2.75) is 13.8 Å². The Bertz CT molecular complexity index is 1910. The van der Waals surface area contributed by atoms with Crippen molar-refractivity contribution in [3.05, 3.63) is 157 Å². The number of ether oxygens (including phenoxy) is 1. The molecule has 6 rings (SSSR count). The summed E-state index contributed by atoms with van der Waals surface area (Å²) >= 11 is 0. The maximum Gasteiger partial charge on any atom is 0.155 e. The largest absolute Gasteiger partial charge is 0.512 e. The second-order valence-electron chi connectivity index (χ2n) is 9.45. The van der Waals surface area contributed by atoms with Crippen molar-refractivity contribution in [1.29, 1.82) is 0 Å². The summed E-state index contributed by atoms with van der Waals surface area (Å²) in [6.07, 6.45) is 8.80. The number of rotatable bonds is 5. The molecule has 0 aliphatic carbocycles. The van der Waals surface area contributed by atoms with E-state index in [1.165, 1.54) is 55.0 Å². The maximum atomic E-state index is 13.4. The third-order valence-electron chi connectivity index (χ3n) is 5.64. The summed E-state index contributed by atoms with van der Waals surface area (Å²) in [6.45, 7) is 2.85. The van der Waals surface area contributed by atoms with E-state index in [1.54, 1.807) is 36.7 Å². The molecule has 51 heavy (non-hydrogen) atoms. The predicted molar refractivity (Wildman–Crippen MR) is 167 cm³/mol. The molecule has 0 saturated heterocycles. The van der Waals surface area contributed by atoms with Crippen molar-refractivity contribution in [3.63, 3.8) is 0 Å². The molecule has 0 unspecified atom stereocenters. The Morgan fingerprint density at radius 1 is 0.745 bits per heavy atom. The third kappa shape index (κ3) is 14.5. The van der Waals surface area contributed by atoms with E-state index in [-0.39, 0.29) is 68.7 Å². The zero-order valence-electron chi connectivity index (χ0n) is 26.7. The average Bonchev–Trinajstić information content (AvgIpc) is 3.77. The van der Waals surface area contributed by atoms with Gasteiger partial charge in [0.1, 0.15) is 5.75 Å². The molecule has 3 aromatic carbocycles. The molecule has 0 bridgehead atoms. The molecule has 8 nitrogen and oxygen atoms in total. The van der Waals surface area contributed by atoms with Crippen molar-refractivity contribution >= 4 is 5.78 Å². The van der Waals surface area contributed by atoms with Gasteiger partial charge < -0.3 is 14.8 Å². The Kier molecular flexibility index (Phi) is 19.1. The third-order valence-corrected chi connectivity index (χ3v) is 5.64. The number of aromatic nitrogens is 5. The van der Waals surface area contributed by atoms with Gasteiger partial charge in [0.05, 0.1) is 12.9 Å². The van der Waals surface area contributed by atoms with Crippen molar-refractivity contribution in [2.75, 3.05) is 7.11 Å². The Hall–Kier alpha value is -4.88. The molecule has 0 spiro atoms. The number of hydrogen-bond donors (Lipinski definition) is 1. The fourth-order valence-electron chi connectivity index (χ4n) is 3.64. The van der Waals surface area contributed by atoms with Crippen LogP contribution in [0.1, 0.15) is 13.8 Å². The van der Waals surface area contributed by atoms with Crippen molar-refractivity contribution in [3.8, 4) is 28.4 Å². The molecule has 2 radical (unpaired) electrons. The van der Waals surface area contributed by atoms with Crippen LogP contribution in [-0.2, 0) is 45.0 Å². The molecule has 3 heterocycles. The van der Waals surface area contributed by atoms with E-state index < -0.39 is 34.9 Å². The maximum absolute atomic E-state index is 13.4. The Morgan fingerprint density at radius 2 is 1.22 bits per heavy atom. The number of ketones is 1. The second-order valence-corrected chi connectivity index (χ2v) is 9.45. The first-order chi connectivity index (χ1) is 23.4. The van der Waals surface area contributed by atoms with Crippen molar-refractivity contribution < 1.29 is 81.2 Å². The minimum absolute atomic E-state index is 0. The average molecular weight is 1060 g/mol. The molecule has 0 atom stereocenters. The number of carbonyl (C=O) groups is 1. The minimum atomic E-state index is -0.694. The Labute approximate surface area is 316 Å². The fourth-order valence-corrected chi connectivity index (χ4v) is 3.64. The first-order valence-corrected chi connectivity index (χ1v) is 13.9. The standard InChI is InChI=1S/C12H8F2NO.2C9H5F2N2.C5H8O2.2Ir/c1-16-9-4-5-15-12(7-9)10-3-2-8(13)6-11(10)14;2*10-7-2-3-9(8(11)6-7)13-5-1-4-12-13;1-4(6)3-5(2)7;;/h2,4-7H,1H3;2*1-2,4-6H;3,6H,1-2H3;;/q3*-1;;;. The minimum Gasteiger partial charge on any atom is -0.512 e. The quantitative estimate of drug-likeness (QED) is 0.0822. The number of hydrogen-bond acceptors (Lipinski definition) is 6. The molecule has 6 aromatic rings. The SMILES string of the molecule is CC(=O)C=C(C)O.COc1ccnc(-c2[c-]cc(F)cc2F)c1.Fc1c[c-]c(-n2cccn2)c(F)c1.Fc1c[c-]c(-n2cccn2)c(F)c1.[Ir].[Ir]. The van der Waals surface area contributed by atoms with Gasteiger partial charge in [0.15, 0.2) is 5.78 Å². The molecule has 272 valence electrons. The van der Waals surface area contributed by atoms with Gasteiger partial charge in [0.2, 0.25) is 0 Å². The van der Waals surface area contributed by atoms with E-state index in [4.69, 9.17) is 9.84 Å². The van der Waals surface area contributed by atoms with Crippen LogP contribution >= 0.6 is 0 Å². The zero-order valence-corrected chi connectivity index (χ0v) is 31.5. The van der Waals surface area contributed by atoms with Crippen LogP contribution in [-0.4, -0.2) is 42.5 Å². The summed E-state index contributed by atoms with van der Waals surface area (Å²) in [4.78, 5) is 14.0. The number of aliphatic hydroxyl groups is 1. The summed E-state index contributed by atoms with van der Waals surface area (Å²) in [5, 5.41) is 16.0. The first kappa shape index (κ1) is 44.1. The van der Waals surface area contributed by atoms with Gasteiger partial charge in [-0.2, -0.15) is 22.3 Å². The topological polar surface area (TPSA) is 95.1 Å². The number of halogens is 6. The normalized spacial score (nSPS) is 10.0. The van der Waals surface area contributed by atoms with Crippen LogP contribution in [0.4, 0.5) is 26.3 Å². The number of aliphatic hydroxyl groups excluding tert-OH is 1. The van der Waals surface area contributed by atoms with Gasteiger partial charge in [-0.3, -0.25) is 40.5 Å². The Balaban J connectivity index is 0.000000347. The van der Waals surface area contributed by atoms with E-state index in [0.29, 0.717) is 11.4 Å². The number of nitrogens with zero attached hydrogens (tertiary/aromatic N) is 5. The van der Waals surface area contributed by atoms with Crippen LogP contribution in [0.2, 0.25) is 0 Å². The number of allylic oxidation sites excluding steroid dienone is 2. The number of benzene rings is 3. The van der Waals surface area contributed by atoms with Gasteiger partial charge in [0, 0.05) is 112 Å². The summed E-state index contributed by atoms with van der Waals surface area (Å²) in [7, 11) is 1.50. The van der Waals surface area contributed by atoms with Crippen LogP contribution in [0.25, 0.3) is 22.6 Å². The van der Waals surface area contributed by atoms with E-state index in [1.807, 2.05) is 0 Å². The van der Waals surface area contributed by atoms with Gasteiger partial charge in [0.25, 0.3) is 0 Å². The summed E-state index contributed by atoms with van der Waals surface area (Å²) in [6, 6.07) is 19.5. The number of methoxy groups -OCH3 is 1. The molecule has 0 saturated carbocycles. The predicted octanol–water partition coefficient (Wildman–Crippen LogP) is 7.77. The van der Waals surface area contributed by atoms with Gasteiger partial charge >= 0.3 is 0 Å². The molecular weight excluding hydrogens is 1040 g/mol. The fraction of sp³-hybridized carbons (Fsp3) is 0.0857. The zero-order chi connectivity index (χ0) is 35.9. The van der Waals surface area contributed by atoms with E-state index >= 15 is 0 Å². The Morgan fingerprint density at radius 3 is 1.57 bits per heavy atom. The summed E-state index contributed by atoms with van der Waals surface area (Å²) in [5.41, 5.74) is 0.718. The van der Waals surface area contributed by atoms with Gasteiger partial charge in [-0.15, -0.1) is 36.4 Å². The molecule has 1 N–H and O–H groups in total. The molecule has 0 amide bonds. The molecular formula is C35H26F6Ir2N5O3-3. The summed E-state index contributed by atoms with van der Waals surface area (Å²) in [5.74, 6) is -3.51.